The molecule has 0 bridgehead atoms. The second-order valence-electron chi connectivity index (χ2n) is 5.25. The van der Waals surface area contributed by atoms with Gasteiger partial charge < -0.3 is 5.32 Å². The van der Waals surface area contributed by atoms with E-state index >= 15 is 0 Å². The summed E-state index contributed by atoms with van der Waals surface area (Å²) < 4.78 is 0. The largest absolute Gasteiger partial charge is 0.355 e. The fraction of sp³-hybridized carbons (Fsp3) is 0.500. The minimum atomic E-state index is 0.108. The predicted molar refractivity (Wildman–Crippen MR) is 63.4 cm³/mol. The summed E-state index contributed by atoms with van der Waals surface area (Å²) in [4.78, 5) is 11.5. The Hall–Kier alpha value is -1.31. The molecule has 0 saturated carbocycles. The summed E-state index contributed by atoms with van der Waals surface area (Å²) in [6.45, 7) is 2.97. The summed E-state index contributed by atoms with van der Waals surface area (Å²) >= 11 is 0. The van der Waals surface area contributed by atoms with Gasteiger partial charge in [-0.05, 0) is 37.3 Å². The number of amides is 1. The van der Waals surface area contributed by atoms with Crippen LogP contribution in [0.2, 0.25) is 0 Å². The summed E-state index contributed by atoms with van der Waals surface area (Å²) in [5.41, 5.74) is 4.29. The first-order chi connectivity index (χ1) is 7.70. The molecule has 2 heteroatoms. The molecule has 1 N–H and O–H groups in total. The van der Waals surface area contributed by atoms with Gasteiger partial charge in [-0.3, -0.25) is 4.79 Å². The average Bonchev–Trinajstić information content (AvgIpc) is 2.63. The van der Waals surface area contributed by atoms with Crippen molar-refractivity contribution in [2.45, 2.75) is 38.0 Å². The van der Waals surface area contributed by atoms with Crippen LogP contribution in [0.15, 0.2) is 18.2 Å². The van der Waals surface area contributed by atoms with Gasteiger partial charge in [0.2, 0.25) is 5.91 Å². The van der Waals surface area contributed by atoms with E-state index in [9.17, 15) is 4.79 Å². The zero-order valence-corrected chi connectivity index (χ0v) is 9.68. The molecule has 2 aliphatic rings. The highest BCUT2D eigenvalue weighted by atomic mass is 16.1. The molecule has 1 aromatic rings. The molecule has 0 aromatic heterocycles. The highest BCUT2D eigenvalue weighted by Gasteiger charge is 2.42. The summed E-state index contributed by atoms with van der Waals surface area (Å²) in [6, 6.07) is 6.71. The Bertz CT molecular complexity index is 452. The smallest absolute Gasteiger partial charge is 0.220 e. The van der Waals surface area contributed by atoms with Gasteiger partial charge in [0.15, 0.2) is 0 Å². The van der Waals surface area contributed by atoms with Crippen molar-refractivity contribution in [2.75, 3.05) is 6.54 Å². The lowest BCUT2D eigenvalue weighted by Gasteiger charge is -2.34. The molecular formula is C14H17NO. The first-order valence-corrected chi connectivity index (χ1v) is 6.06. The predicted octanol–water partition coefficient (Wildman–Crippen LogP) is 2.09. The van der Waals surface area contributed by atoms with Crippen LogP contribution in [0.5, 0.6) is 0 Å². The van der Waals surface area contributed by atoms with E-state index < -0.39 is 0 Å². The molecule has 1 saturated heterocycles. The van der Waals surface area contributed by atoms with Gasteiger partial charge in [0.05, 0.1) is 0 Å². The van der Waals surface area contributed by atoms with E-state index in [1.54, 1.807) is 0 Å². The number of aryl methyl sites for hydroxylation is 2. The molecule has 1 aliphatic heterocycles. The lowest BCUT2D eigenvalue weighted by molar-refractivity contribution is -0.119. The normalized spacial score (nSPS) is 27.9. The molecule has 1 amide bonds. The van der Waals surface area contributed by atoms with Crippen LogP contribution < -0.4 is 5.32 Å². The van der Waals surface area contributed by atoms with Crippen molar-refractivity contribution >= 4 is 5.91 Å². The van der Waals surface area contributed by atoms with Crippen LogP contribution in [0.1, 0.15) is 36.0 Å². The summed E-state index contributed by atoms with van der Waals surface area (Å²) in [6.07, 6.45) is 4.22. The zero-order chi connectivity index (χ0) is 11.2. The lowest BCUT2D eigenvalue weighted by Crippen LogP contribution is -2.33. The maximum atomic E-state index is 11.5. The molecule has 1 spiro atoms. The summed E-state index contributed by atoms with van der Waals surface area (Å²) in [5.74, 6) is 0.217. The number of rotatable bonds is 0. The standard InChI is InChI=1S/C14H17NO/c1-10-4-5-11-3-2-6-14(12(11)7-10)8-13(16)15-9-14/h4-5,7H,2-3,6,8-9H2,1H3,(H,15,16). The van der Waals surface area contributed by atoms with E-state index in [0.717, 1.165) is 13.0 Å². The van der Waals surface area contributed by atoms with Crippen molar-refractivity contribution in [3.05, 3.63) is 34.9 Å². The zero-order valence-electron chi connectivity index (χ0n) is 9.68. The van der Waals surface area contributed by atoms with Gasteiger partial charge in [0.25, 0.3) is 0 Å². The highest BCUT2D eigenvalue weighted by molar-refractivity contribution is 5.81. The Balaban J connectivity index is 2.11. The van der Waals surface area contributed by atoms with Crippen LogP contribution in [-0.4, -0.2) is 12.5 Å². The number of carbonyl (C=O) groups is 1. The van der Waals surface area contributed by atoms with Gasteiger partial charge in [-0.2, -0.15) is 0 Å². The molecule has 1 unspecified atom stereocenters. The van der Waals surface area contributed by atoms with Gasteiger partial charge in [-0.25, -0.2) is 0 Å². The number of nitrogens with one attached hydrogen (secondary N) is 1. The molecular weight excluding hydrogens is 198 g/mol. The Kier molecular flexibility index (Phi) is 2.06. The third-order valence-electron chi connectivity index (χ3n) is 4.06. The van der Waals surface area contributed by atoms with Crippen molar-refractivity contribution in [1.82, 2.24) is 5.32 Å². The second kappa shape index (κ2) is 3.34. The molecule has 1 fully saturated rings. The van der Waals surface area contributed by atoms with E-state index in [1.165, 1.54) is 29.5 Å². The molecule has 0 radical (unpaired) electrons. The molecule has 1 atom stereocenters. The first-order valence-electron chi connectivity index (χ1n) is 6.06. The van der Waals surface area contributed by atoms with Crippen LogP contribution in [0.25, 0.3) is 0 Å². The monoisotopic (exact) mass is 215 g/mol. The quantitative estimate of drug-likeness (QED) is 0.705. The number of fused-ring (bicyclic) bond motifs is 2. The lowest BCUT2D eigenvalue weighted by atomic mass is 9.69. The number of carbonyl (C=O) groups excluding carboxylic acids is 1. The third kappa shape index (κ3) is 1.36. The average molecular weight is 215 g/mol. The van der Waals surface area contributed by atoms with E-state index in [2.05, 4.69) is 30.4 Å². The Morgan fingerprint density at radius 3 is 3.00 bits per heavy atom. The third-order valence-corrected chi connectivity index (χ3v) is 4.06. The minimum absolute atomic E-state index is 0.108. The van der Waals surface area contributed by atoms with Gasteiger partial charge in [0.1, 0.15) is 0 Å². The summed E-state index contributed by atoms with van der Waals surface area (Å²) in [5, 5.41) is 3.00. The topological polar surface area (TPSA) is 29.1 Å². The van der Waals surface area contributed by atoms with Crippen molar-refractivity contribution in [3.63, 3.8) is 0 Å². The van der Waals surface area contributed by atoms with E-state index in [4.69, 9.17) is 0 Å². The number of hydrogen-bond donors (Lipinski definition) is 1. The number of hydrogen-bond acceptors (Lipinski definition) is 1. The van der Waals surface area contributed by atoms with Crippen LogP contribution in [0.4, 0.5) is 0 Å². The molecule has 1 aliphatic carbocycles. The maximum Gasteiger partial charge on any atom is 0.220 e. The van der Waals surface area contributed by atoms with E-state index in [-0.39, 0.29) is 11.3 Å². The number of benzene rings is 1. The van der Waals surface area contributed by atoms with Crippen LogP contribution in [0, 0.1) is 6.92 Å². The van der Waals surface area contributed by atoms with Crippen molar-refractivity contribution < 1.29 is 4.79 Å². The Morgan fingerprint density at radius 2 is 2.25 bits per heavy atom. The van der Waals surface area contributed by atoms with E-state index in [1.807, 2.05) is 0 Å². The summed E-state index contributed by atoms with van der Waals surface area (Å²) in [7, 11) is 0. The molecule has 84 valence electrons. The molecule has 1 aromatic carbocycles. The van der Waals surface area contributed by atoms with Gasteiger partial charge in [-0.15, -0.1) is 0 Å². The van der Waals surface area contributed by atoms with Crippen LogP contribution >= 0.6 is 0 Å². The fourth-order valence-electron chi connectivity index (χ4n) is 3.22. The molecule has 3 rings (SSSR count). The Labute approximate surface area is 96.1 Å². The van der Waals surface area contributed by atoms with Crippen molar-refractivity contribution in [1.29, 1.82) is 0 Å². The fourth-order valence-corrected chi connectivity index (χ4v) is 3.22. The maximum absolute atomic E-state index is 11.5. The van der Waals surface area contributed by atoms with Crippen molar-refractivity contribution in [3.8, 4) is 0 Å². The first kappa shape index (κ1) is 9.88. The molecule has 2 nitrogen and oxygen atoms in total. The Morgan fingerprint density at radius 1 is 1.38 bits per heavy atom. The molecule has 1 heterocycles. The minimum Gasteiger partial charge on any atom is -0.355 e. The van der Waals surface area contributed by atoms with Crippen molar-refractivity contribution in [2.24, 2.45) is 0 Å². The highest BCUT2D eigenvalue weighted by Crippen LogP contribution is 2.42. The van der Waals surface area contributed by atoms with Crippen LogP contribution in [-0.2, 0) is 16.6 Å². The van der Waals surface area contributed by atoms with Crippen LogP contribution in [0.3, 0.4) is 0 Å². The van der Waals surface area contributed by atoms with E-state index in [0.29, 0.717) is 6.42 Å². The van der Waals surface area contributed by atoms with Gasteiger partial charge in [-0.1, -0.05) is 23.8 Å². The SMILES string of the molecule is Cc1ccc2c(c1)C1(CCC2)CNC(=O)C1. The van der Waals surface area contributed by atoms with Gasteiger partial charge in [0, 0.05) is 18.4 Å². The molecule has 16 heavy (non-hydrogen) atoms. The second-order valence-corrected chi connectivity index (χ2v) is 5.25. The van der Waals surface area contributed by atoms with Gasteiger partial charge >= 0.3 is 0 Å².